The Labute approximate surface area is 108 Å². The number of halogens is 2. The normalized spacial score (nSPS) is 27.7. The molecule has 3 unspecified atom stereocenters. The van der Waals surface area contributed by atoms with Crippen LogP contribution in [-0.2, 0) is 0 Å². The van der Waals surface area contributed by atoms with Crippen LogP contribution in [0.1, 0.15) is 43.7 Å². The minimum Gasteiger partial charge on any atom is -0.314 e. The van der Waals surface area contributed by atoms with E-state index >= 15 is 0 Å². The predicted molar refractivity (Wildman–Crippen MR) is 69.7 cm³/mol. The molecular weight excluding hydrogens is 232 g/mol. The third kappa shape index (κ3) is 2.28. The van der Waals surface area contributed by atoms with E-state index in [1.54, 1.807) is 19.1 Å². The van der Waals surface area contributed by atoms with Crippen LogP contribution in [0.5, 0.6) is 0 Å². The van der Waals surface area contributed by atoms with Crippen molar-refractivity contribution in [3.05, 3.63) is 34.9 Å². The number of rotatable bonds is 3. The van der Waals surface area contributed by atoms with Gasteiger partial charge in [0.05, 0.1) is 0 Å². The summed E-state index contributed by atoms with van der Waals surface area (Å²) in [4.78, 5) is 0. The Hall–Kier alpha value is -0.960. The third-order valence-electron chi connectivity index (χ3n) is 4.23. The minimum absolute atomic E-state index is 0.129. The van der Waals surface area contributed by atoms with Gasteiger partial charge >= 0.3 is 0 Å². The number of benzene rings is 1. The van der Waals surface area contributed by atoms with Gasteiger partial charge in [-0.3, -0.25) is 0 Å². The fourth-order valence-corrected chi connectivity index (χ4v) is 3.10. The molecule has 0 radical (unpaired) electrons. The zero-order valence-corrected chi connectivity index (χ0v) is 11.3. The predicted octanol–water partition coefficient (Wildman–Crippen LogP) is 3.76. The third-order valence-corrected chi connectivity index (χ3v) is 4.23. The van der Waals surface area contributed by atoms with Crippen molar-refractivity contribution in [2.45, 2.75) is 45.6 Å². The lowest BCUT2D eigenvalue weighted by atomic mass is 9.88. The summed E-state index contributed by atoms with van der Waals surface area (Å²) in [5, 5.41) is 3.42. The molecule has 100 valence electrons. The summed E-state index contributed by atoms with van der Waals surface area (Å²) in [6, 6.07) is 3.85. The molecule has 3 atom stereocenters. The molecule has 1 aliphatic rings. The SMILES string of the molecule is CCNC1CCC(c2ccc(C)c(F)c2F)C1C. The highest BCUT2D eigenvalue weighted by Gasteiger charge is 2.35. The van der Waals surface area contributed by atoms with Crippen LogP contribution in [0.15, 0.2) is 12.1 Å². The molecule has 0 heterocycles. The Morgan fingerprint density at radius 2 is 1.94 bits per heavy atom. The highest BCUT2D eigenvalue weighted by molar-refractivity contribution is 5.29. The highest BCUT2D eigenvalue weighted by atomic mass is 19.2. The largest absolute Gasteiger partial charge is 0.314 e. The molecule has 1 aromatic rings. The molecule has 1 nitrogen and oxygen atoms in total. The zero-order chi connectivity index (χ0) is 13.3. The van der Waals surface area contributed by atoms with Gasteiger partial charge < -0.3 is 5.32 Å². The second-order valence-electron chi connectivity index (χ2n) is 5.31. The van der Waals surface area contributed by atoms with Crippen LogP contribution in [0.2, 0.25) is 0 Å². The molecule has 1 N–H and O–H groups in total. The van der Waals surface area contributed by atoms with Gasteiger partial charge in [-0.05, 0) is 49.3 Å². The van der Waals surface area contributed by atoms with Gasteiger partial charge in [0, 0.05) is 6.04 Å². The van der Waals surface area contributed by atoms with E-state index in [9.17, 15) is 8.78 Å². The maximum atomic E-state index is 14.0. The first-order chi connectivity index (χ1) is 8.56. The first-order valence-electron chi connectivity index (χ1n) is 6.74. The summed E-state index contributed by atoms with van der Waals surface area (Å²) in [5.74, 6) is -0.860. The monoisotopic (exact) mass is 253 g/mol. The molecule has 2 rings (SSSR count). The molecule has 0 spiro atoms. The van der Waals surface area contributed by atoms with Gasteiger partial charge in [-0.1, -0.05) is 26.0 Å². The van der Waals surface area contributed by atoms with Crippen molar-refractivity contribution in [2.24, 2.45) is 5.92 Å². The molecule has 0 amide bonds. The van der Waals surface area contributed by atoms with Crippen molar-refractivity contribution in [2.75, 3.05) is 6.54 Å². The van der Waals surface area contributed by atoms with E-state index in [1.807, 2.05) is 0 Å². The van der Waals surface area contributed by atoms with Crippen molar-refractivity contribution < 1.29 is 8.78 Å². The summed E-state index contributed by atoms with van der Waals surface area (Å²) in [7, 11) is 0. The van der Waals surface area contributed by atoms with Crippen molar-refractivity contribution in [3.63, 3.8) is 0 Å². The molecule has 1 saturated carbocycles. The van der Waals surface area contributed by atoms with E-state index in [0.717, 1.165) is 19.4 Å². The van der Waals surface area contributed by atoms with Gasteiger partial charge in [0.2, 0.25) is 0 Å². The average molecular weight is 253 g/mol. The second kappa shape index (κ2) is 5.35. The van der Waals surface area contributed by atoms with Gasteiger partial charge in [0.25, 0.3) is 0 Å². The average Bonchev–Trinajstić information content (AvgIpc) is 2.70. The summed E-state index contributed by atoms with van der Waals surface area (Å²) < 4.78 is 27.6. The molecule has 18 heavy (non-hydrogen) atoms. The van der Waals surface area contributed by atoms with Gasteiger partial charge in [0.15, 0.2) is 11.6 Å². The number of hydrogen-bond donors (Lipinski definition) is 1. The lowest BCUT2D eigenvalue weighted by Crippen LogP contribution is -2.32. The van der Waals surface area contributed by atoms with Crippen molar-refractivity contribution in [3.8, 4) is 0 Å². The van der Waals surface area contributed by atoms with E-state index in [0.29, 0.717) is 23.1 Å². The highest BCUT2D eigenvalue weighted by Crippen LogP contribution is 2.41. The summed E-state index contributed by atoms with van der Waals surface area (Å²) >= 11 is 0. The quantitative estimate of drug-likeness (QED) is 0.864. The van der Waals surface area contributed by atoms with Gasteiger partial charge in [0.1, 0.15) is 0 Å². The van der Waals surface area contributed by atoms with E-state index < -0.39 is 11.6 Å². The Kier molecular flexibility index (Phi) is 4.00. The van der Waals surface area contributed by atoms with E-state index in [4.69, 9.17) is 0 Å². The van der Waals surface area contributed by atoms with Crippen LogP contribution in [0, 0.1) is 24.5 Å². The molecule has 1 aromatic carbocycles. The summed E-state index contributed by atoms with van der Waals surface area (Å²) in [5.41, 5.74) is 0.927. The molecule has 0 bridgehead atoms. The van der Waals surface area contributed by atoms with Crippen LogP contribution in [0.25, 0.3) is 0 Å². The lowest BCUT2D eigenvalue weighted by molar-refractivity contribution is 0.399. The molecule has 3 heteroatoms. The first-order valence-corrected chi connectivity index (χ1v) is 6.74. The minimum atomic E-state index is -0.688. The van der Waals surface area contributed by atoms with Crippen LogP contribution in [-0.4, -0.2) is 12.6 Å². The second-order valence-corrected chi connectivity index (χ2v) is 5.31. The maximum absolute atomic E-state index is 14.0. The molecule has 1 fully saturated rings. The van der Waals surface area contributed by atoms with E-state index in [-0.39, 0.29) is 5.92 Å². The molecule has 0 saturated heterocycles. The number of aryl methyl sites for hydroxylation is 1. The Morgan fingerprint density at radius 3 is 2.61 bits per heavy atom. The van der Waals surface area contributed by atoms with Crippen LogP contribution in [0.4, 0.5) is 8.78 Å². The molecule has 0 aromatic heterocycles. The van der Waals surface area contributed by atoms with Crippen molar-refractivity contribution in [1.82, 2.24) is 5.32 Å². The van der Waals surface area contributed by atoms with Crippen LogP contribution < -0.4 is 5.32 Å². The van der Waals surface area contributed by atoms with Gasteiger partial charge in [-0.15, -0.1) is 0 Å². The first kappa shape index (κ1) is 13.5. The van der Waals surface area contributed by atoms with Crippen molar-refractivity contribution >= 4 is 0 Å². The van der Waals surface area contributed by atoms with E-state index in [1.165, 1.54) is 0 Å². The lowest BCUT2D eigenvalue weighted by Gasteiger charge is -2.22. The van der Waals surface area contributed by atoms with E-state index in [2.05, 4.69) is 19.2 Å². The van der Waals surface area contributed by atoms with Crippen LogP contribution >= 0.6 is 0 Å². The Balaban J connectivity index is 2.26. The zero-order valence-electron chi connectivity index (χ0n) is 11.3. The van der Waals surface area contributed by atoms with Gasteiger partial charge in [-0.2, -0.15) is 0 Å². The molecule has 0 aliphatic heterocycles. The maximum Gasteiger partial charge on any atom is 0.162 e. The van der Waals surface area contributed by atoms with Crippen LogP contribution in [0.3, 0.4) is 0 Å². The molecular formula is C15H21F2N. The smallest absolute Gasteiger partial charge is 0.162 e. The fraction of sp³-hybridized carbons (Fsp3) is 0.600. The number of nitrogens with one attached hydrogen (secondary N) is 1. The van der Waals surface area contributed by atoms with Crippen molar-refractivity contribution in [1.29, 1.82) is 0 Å². The Morgan fingerprint density at radius 1 is 1.22 bits per heavy atom. The number of hydrogen-bond acceptors (Lipinski definition) is 1. The topological polar surface area (TPSA) is 12.0 Å². The standard InChI is InChI=1S/C15H21F2N/c1-4-18-13-8-7-11(10(13)3)12-6-5-9(2)14(16)15(12)17/h5-6,10-11,13,18H,4,7-8H2,1-3H3. The van der Waals surface area contributed by atoms with Gasteiger partial charge in [-0.25, -0.2) is 8.78 Å². The summed E-state index contributed by atoms with van der Waals surface area (Å²) in [6.45, 7) is 6.72. The summed E-state index contributed by atoms with van der Waals surface area (Å²) in [6.07, 6.45) is 1.97. The molecule has 1 aliphatic carbocycles. The Bertz CT molecular complexity index is 431. The fourth-order valence-electron chi connectivity index (χ4n) is 3.10.